The Kier molecular flexibility index (Phi) is 5.87. The first-order valence-electron chi connectivity index (χ1n) is 11.2. The van der Waals surface area contributed by atoms with Crippen molar-refractivity contribution in [1.29, 1.82) is 0 Å². The summed E-state index contributed by atoms with van der Waals surface area (Å²) >= 11 is 1.28. The minimum Gasteiger partial charge on any atom is -0.494 e. The Morgan fingerprint density at radius 2 is 2.00 bits per heavy atom. The van der Waals surface area contributed by atoms with Gasteiger partial charge in [-0.1, -0.05) is 43.7 Å². The molecule has 0 N–H and O–H groups in total. The number of anilines is 1. The van der Waals surface area contributed by atoms with Gasteiger partial charge in [-0.25, -0.2) is 4.39 Å². The molecule has 1 unspecified atom stereocenters. The lowest BCUT2D eigenvalue weighted by molar-refractivity contribution is 0.0970. The zero-order valence-electron chi connectivity index (χ0n) is 18.7. The van der Waals surface area contributed by atoms with Crippen molar-refractivity contribution in [2.75, 3.05) is 11.5 Å². The number of hydrogen-bond donors (Lipinski definition) is 0. The summed E-state index contributed by atoms with van der Waals surface area (Å²) in [6.07, 6.45) is 2.57. The van der Waals surface area contributed by atoms with Crippen molar-refractivity contribution in [3.63, 3.8) is 0 Å². The summed E-state index contributed by atoms with van der Waals surface area (Å²) in [4.78, 5) is 28.6. The molecule has 2 aromatic heterocycles. The Morgan fingerprint density at radius 3 is 2.76 bits per heavy atom. The highest BCUT2D eigenvalue weighted by molar-refractivity contribution is 7.15. The normalized spacial score (nSPS) is 15.2. The van der Waals surface area contributed by atoms with Crippen molar-refractivity contribution < 1.29 is 18.3 Å². The molecule has 2 aromatic carbocycles. The van der Waals surface area contributed by atoms with Crippen molar-refractivity contribution in [3.8, 4) is 5.75 Å². The number of benzene rings is 2. The van der Waals surface area contributed by atoms with Crippen molar-refractivity contribution in [2.45, 2.75) is 39.2 Å². The molecule has 0 radical (unpaired) electrons. The number of fused-ring (bicyclic) bond motifs is 2. The van der Waals surface area contributed by atoms with E-state index in [1.165, 1.54) is 28.4 Å². The summed E-state index contributed by atoms with van der Waals surface area (Å²) in [5.74, 6) is -0.478. The first kappa shape index (κ1) is 22.2. The van der Waals surface area contributed by atoms with E-state index in [1.807, 2.05) is 31.2 Å². The van der Waals surface area contributed by atoms with E-state index in [9.17, 15) is 14.0 Å². The molecule has 1 aliphatic heterocycles. The van der Waals surface area contributed by atoms with Crippen LogP contribution in [0.1, 0.15) is 59.4 Å². The van der Waals surface area contributed by atoms with E-state index in [0.717, 1.165) is 23.9 Å². The molecular weight excluding hydrogens is 457 g/mol. The molecule has 9 heteroatoms. The van der Waals surface area contributed by atoms with Gasteiger partial charge in [-0.05, 0) is 48.7 Å². The van der Waals surface area contributed by atoms with E-state index in [2.05, 4.69) is 17.1 Å². The first-order valence-corrected chi connectivity index (χ1v) is 12.0. The number of aromatic nitrogens is 2. The number of nitrogens with zero attached hydrogens (tertiary/aromatic N) is 3. The number of halogens is 1. The van der Waals surface area contributed by atoms with Crippen LogP contribution in [0.15, 0.2) is 51.7 Å². The van der Waals surface area contributed by atoms with E-state index >= 15 is 0 Å². The molecule has 1 aliphatic rings. The maximum absolute atomic E-state index is 14.0. The highest BCUT2D eigenvalue weighted by atomic mass is 32.1. The molecular formula is C25H22FN3O4S. The monoisotopic (exact) mass is 479 g/mol. The highest BCUT2D eigenvalue weighted by Gasteiger charge is 2.45. The summed E-state index contributed by atoms with van der Waals surface area (Å²) in [7, 11) is 0. The van der Waals surface area contributed by atoms with Crippen LogP contribution in [0.2, 0.25) is 0 Å². The third kappa shape index (κ3) is 3.75. The summed E-state index contributed by atoms with van der Waals surface area (Å²) < 4.78 is 25.7. The minimum atomic E-state index is -0.807. The van der Waals surface area contributed by atoms with Crippen LogP contribution in [0.5, 0.6) is 5.75 Å². The fraction of sp³-hybridized carbons (Fsp3) is 0.280. The third-order valence-electron chi connectivity index (χ3n) is 5.74. The molecule has 0 aliphatic carbocycles. The lowest BCUT2D eigenvalue weighted by atomic mass is 9.98. The largest absolute Gasteiger partial charge is 0.494 e. The molecule has 0 saturated carbocycles. The van der Waals surface area contributed by atoms with Crippen LogP contribution in [0.25, 0.3) is 11.0 Å². The zero-order valence-corrected chi connectivity index (χ0v) is 19.5. The summed E-state index contributed by atoms with van der Waals surface area (Å²) in [5.41, 5.74) is 0.524. The highest BCUT2D eigenvalue weighted by Crippen LogP contribution is 2.42. The number of hydrogen-bond acceptors (Lipinski definition) is 7. The van der Waals surface area contributed by atoms with Gasteiger partial charge in [0.15, 0.2) is 5.43 Å². The molecule has 3 heterocycles. The van der Waals surface area contributed by atoms with Crippen molar-refractivity contribution in [1.82, 2.24) is 10.2 Å². The molecule has 34 heavy (non-hydrogen) atoms. The maximum atomic E-state index is 14.0. The number of unbranched alkanes of at least 4 members (excludes halogenated alkanes) is 1. The lowest BCUT2D eigenvalue weighted by Crippen LogP contribution is -2.29. The second-order valence-electron chi connectivity index (χ2n) is 8.00. The average Bonchev–Trinajstić information content (AvgIpc) is 3.43. The molecule has 174 valence electrons. The lowest BCUT2D eigenvalue weighted by Gasteiger charge is -2.22. The van der Waals surface area contributed by atoms with Gasteiger partial charge in [-0.15, -0.1) is 10.2 Å². The predicted octanol–water partition coefficient (Wildman–Crippen LogP) is 5.27. The number of amides is 1. The summed E-state index contributed by atoms with van der Waals surface area (Å²) in [5, 5.41) is 9.58. The van der Waals surface area contributed by atoms with Gasteiger partial charge in [-0.2, -0.15) is 0 Å². The van der Waals surface area contributed by atoms with Crippen LogP contribution in [0.4, 0.5) is 9.52 Å². The fourth-order valence-electron chi connectivity index (χ4n) is 4.05. The SMILES string of the molecule is CCCCOc1cccc(C2c3c(oc4ccc(F)cc4c3=O)C(=O)N2c2nnc(CC)s2)c1. The molecule has 4 aromatic rings. The quantitative estimate of drug-likeness (QED) is 0.336. The van der Waals surface area contributed by atoms with Crippen molar-refractivity contribution >= 4 is 33.3 Å². The Hall–Kier alpha value is -3.59. The molecule has 1 atom stereocenters. The van der Waals surface area contributed by atoms with E-state index in [0.29, 0.717) is 29.5 Å². The van der Waals surface area contributed by atoms with Crippen LogP contribution in [-0.2, 0) is 6.42 Å². The minimum absolute atomic E-state index is 0.0698. The van der Waals surface area contributed by atoms with Crippen LogP contribution in [0, 0.1) is 5.82 Å². The molecule has 0 fully saturated rings. The molecule has 0 spiro atoms. The number of rotatable bonds is 7. The third-order valence-corrected chi connectivity index (χ3v) is 6.80. The van der Waals surface area contributed by atoms with Crippen LogP contribution in [0.3, 0.4) is 0 Å². The van der Waals surface area contributed by atoms with Crippen molar-refractivity contribution in [3.05, 3.63) is 80.4 Å². The van der Waals surface area contributed by atoms with E-state index in [1.54, 1.807) is 0 Å². The van der Waals surface area contributed by atoms with Crippen LogP contribution in [-0.4, -0.2) is 22.7 Å². The Balaban J connectivity index is 1.70. The average molecular weight is 480 g/mol. The molecule has 0 saturated heterocycles. The topological polar surface area (TPSA) is 85.5 Å². The predicted molar refractivity (Wildman–Crippen MR) is 127 cm³/mol. The van der Waals surface area contributed by atoms with E-state index < -0.39 is 23.2 Å². The van der Waals surface area contributed by atoms with Gasteiger partial charge in [0.05, 0.1) is 23.6 Å². The molecule has 0 bridgehead atoms. The number of aryl methyl sites for hydroxylation is 1. The zero-order chi connectivity index (χ0) is 23.8. The summed E-state index contributed by atoms with van der Waals surface area (Å²) in [6.45, 7) is 4.59. The van der Waals surface area contributed by atoms with Gasteiger partial charge < -0.3 is 9.15 Å². The van der Waals surface area contributed by atoms with Gasteiger partial charge in [0.2, 0.25) is 10.9 Å². The Labute approximate surface area is 198 Å². The summed E-state index contributed by atoms with van der Waals surface area (Å²) in [6, 6.07) is 10.2. The molecule has 5 rings (SSSR count). The first-order chi connectivity index (χ1) is 16.5. The Morgan fingerprint density at radius 1 is 1.15 bits per heavy atom. The number of carbonyl (C=O) groups is 1. The number of ether oxygens (including phenoxy) is 1. The van der Waals surface area contributed by atoms with E-state index in [4.69, 9.17) is 9.15 Å². The smallest absolute Gasteiger partial charge is 0.297 e. The van der Waals surface area contributed by atoms with Crippen LogP contribution < -0.4 is 15.1 Å². The fourth-order valence-corrected chi connectivity index (χ4v) is 4.86. The van der Waals surface area contributed by atoms with Gasteiger partial charge in [0.25, 0.3) is 5.91 Å². The second kappa shape index (κ2) is 8.98. The standard InChI is InChI=1S/C25H22FN3O4S/c1-3-5-11-32-16-8-6-7-14(12-16)21-20-22(30)17-13-15(26)9-10-18(17)33-23(20)24(31)29(21)25-28-27-19(4-2)34-25/h6-10,12-13,21H,3-5,11H2,1-2H3. The van der Waals surface area contributed by atoms with Crippen LogP contribution >= 0.6 is 11.3 Å². The maximum Gasteiger partial charge on any atom is 0.297 e. The number of carbonyl (C=O) groups excluding carboxylic acids is 1. The van der Waals surface area contributed by atoms with Gasteiger partial charge in [-0.3, -0.25) is 14.5 Å². The van der Waals surface area contributed by atoms with Gasteiger partial charge in [0.1, 0.15) is 22.2 Å². The second-order valence-corrected chi connectivity index (χ2v) is 9.04. The molecule has 7 nitrogen and oxygen atoms in total. The Bertz CT molecular complexity index is 1450. The molecule has 1 amide bonds. The van der Waals surface area contributed by atoms with Crippen molar-refractivity contribution in [2.24, 2.45) is 0 Å². The van der Waals surface area contributed by atoms with Gasteiger partial charge in [0, 0.05) is 0 Å². The van der Waals surface area contributed by atoms with Gasteiger partial charge >= 0.3 is 0 Å². The van der Waals surface area contributed by atoms with E-state index in [-0.39, 0.29) is 22.3 Å².